The van der Waals surface area contributed by atoms with E-state index in [9.17, 15) is 5.11 Å². The van der Waals surface area contributed by atoms with Gasteiger partial charge < -0.3 is 5.11 Å². The summed E-state index contributed by atoms with van der Waals surface area (Å²) in [5.41, 5.74) is 4.81. The smallest absolute Gasteiger partial charge is 0.119 e. The lowest BCUT2D eigenvalue weighted by atomic mass is 9.92. The van der Waals surface area contributed by atoms with Crippen LogP contribution in [0.1, 0.15) is 36.5 Å². The zero-order valence-corrected chi connectivity index (χ0v) is 11.4. The monoisotopic (exact) mass is 251 g/mol. The van der Waals surface area contributed by atoms with Crippen LogP contribution in [0.2, 0.25) is 0 Å². The standard InChI is InChI=1S/C17H17NO/c1-11(2)15-9-16(12(3)8-17(15)19)14-6-4-13(10-18)5-7-14/h4-9,11,19H,1-3H3. The molecule has 2 aromatic rings. The van der Waals surface area contributed by atoms with Gasteiger partial charge in [-0.3, -0.25) is 0 Å². The van der Waals surface area contributed by atoms with Crippen molar-refractivity contribution >= 4 is 0 Å². The molecule has 1 N–H and O–H groups in total. The number of nitriles is 1. The van der Waals surface area contributed by atoms with Crippen molar-refractivity contribution in [1.29, 1.82) is 5.26 Å². The molecule has 0 unspecified atom stereocenters. The Morgan fingerprint density at radius 1 is 1.11 bits per heavy atom. The number of phenols is 1. The fourth-order valence-corrected chi connectivity index (χ4v) is 2.21. The summed E-state index contributed by atoms with van der Waals surface area (Å²) in [5.74, 6) is 0.627. The summed E-state index contributed by atoms with van der Waals surface area (Å²) in [6.07, 6.45) is 0. The molecule has 0 atom stereocenters. The molecule has 2 aromatic carbocycles. The lowest BCUT2D eigenvalue weighted by molar-refractivity contribution is 0.464. The van der Waals surface area contributed by atoms with Crippen LogP contribution in [0.15, 0.2) is 36.4 Å². The molecule has 0 amide bonds. The summed E-state index contributed by atoms with van der Waals surface area (Å²) >= 11 is 0. The molecule has 0 fully saturated rings. The van der Waals surface area contributed by atoms with Gasteiger partial charge in [-0.2, -0.15) is 5.26 Å². The molecular formula is C17H17NO. The molecule has 0 aromatic heterocycles. The molecule has 2 heteroatoms. The lowest BCUT2D eigenvalue weighted by Gasteiger charge is -2.14. The first-order valence-electron chi connectivity index (χ1n) is 6.37. The van der Waals surface area contributed by atoms with Crippen molar-refractivity contribution in [3.05, 3.63) is 53.1 Å². The lowest BCUT2D eigenvalue weighted by Crippen LogP contribution is -1.92. The Bertz CT molecular complexity index is 634. The Balaban J connectivity index is 2.55. The maximum atomic E-state index is 9.97. The summed E-state index contributed by atoms with van der Waals surface area (Å²) in [6.45, 7) is 6.11. The minimum Gasteiger partial charge on any atom is -0.508 e. The zero-order chi connectivity index (χ0) is 14.0. The van der Waals surface area contributed by atoms with Gasteiger partial charge in [0, 0.05) is 0 Å². The van der Waals surface area contributed by atoms with Crippen LogP contribution in [0, 0.1) is 18.3 Å². The Kier molecular flexibility index (Phi) is 3.57. The first-order chi connectivity index (χ1) is 9.02. The highest BCUT2D eigenvalue weighted by atomic mass is 16.3. The minimum atomic E-state index is 0.276. The van der Waals surface area contributed by atoms with Crippen LogP contribution in [0.25, 0.3) is 11.1 Å². The van der Waals surface area contributed by atoms with Gasteiger partial charge in [0.15, 0.2) is 0 Å². The van der Waals surface area contributed by atoms with E-state index in [1.54, 1.807) is 0 Å². The Hall–Kier alpha value is -2.27. The van der Waals surface area contributed by atoms with Crippen molar-refractivity contribution in [3.63, 3.8) is 0 Å². The fraction of sp³-hybridized carbons (Fsp3) is 0.235. The number of rotatable bonds is 2. The number of nitrogens with zero attached hydrogens (tertiary/aromatic N) is 1. The highest BCUT2D eigenvalue weighted by Gasteiger charge is 2.11. The van der Waals surface area contributed by atoms with E-state index < -0.39 is 0 Å². The quantitative estimate of drug-likeness (QED) is 0.861. The molecule has 0 heterocycles. The number of aromatic hydroxyl groups is 1. The molecule has 0 aliphatic carbocycles. The van der Waals surface area contributed by atoms with Gasteiger partial charge in [0.05, 0.1) is 11.6 Å². The maximum Gasteiger partial charge on any atom is 0.119 e. The molecule has 0 saturated heterocycles. The molecule has 19 heavy (non-hydrogen) atoms. The van der Waals surface area contributed by atoms with Gasteiger partial charge in [0.1, 0.15) is 5.75 Å². The van der Waals surface area contributed by atoms with Crippen LogP contribution in [-0.2, 0) is 0 Å². The van der Waals surface area contributed by atoms with E-state index in [1.165, 1.54) is 0 Å². The number of phenolic OH excluding ortho intramolecular Hbond substituents is 1. The number of aryl methyl sites for hydroxylation is 1. The zero-order valence-electron chi connectivity index (χ0n) is 11.4. The largest absolute Gasteiger partial charge is 0.508 e. The van der Waals surface area contributed by atoms with Crippen molar-refractivity contribution in [1.82, 2.24) is 0 Å². The highest BCUT2D eigenvalue weighted by Crippen LogP contribution is 2.33. The van der Waals surface area contributed by atoms with Crippen LogP contribution in [0.5, 0.6) is 5.75 Å². The van der Waals surface area contributed by atoms with Gasteiger partial charge in [-0.05, 0) is 59.4 Å². The predicted molar refractivity (Wildman–Crippen MR) is 77.1 cm³/mol. The van der Waals surface area contributed by atoms with E-state index in [0.717, 1.165) is 22.3 Å². The molecule has 0 aliphatic heterocycles. The molecule has 2 rings (SSSR count). The Morgan fingerprint density at radius 2 is 1.74 bits per heavy atom. The Labute approximate surface area is 114 Å². The highest BCUT2D eigenvalue weighted by molar-refractivity contribution is 5.70. The van der Waals surface area contributed by atoms with Crippen molar-refractivity contribution in [2.24, 2.45) is 0 Å². The van der Waals surface area contributed by atoms with Crippen LogP contribution in [0.4, 0.5) is 0 Å². The van der Waals surface area contributed by atoms with E-state index in [1.807, 2.05) is 43.3 Å². The summed E-state index contributed by atoms with van der Waals surface area (Å²) in [7, 11) is 0. The average molecular weight is 251 g/mol. The van der Waals surface area contributed by atoms with Gasteiger partial charge in [-0.1, -0.05) is 26.0 Å². The third-order valence-corrected chi connectivity index (χ3v) is 3.32. The van der Waals surface area contributed by atoms with Crippen molar-refractivity contribution < 1.29 is 5.11 Å². The predicted octanol–water partition coefficient (Wildman–Crippen LogP) is 4.36. The van der Waals surface area contributed by atoms with Crippen molar-refractivity contribution in [2.75, 3.05) is 0 Å². The van der Waals surface area contributed by atoms with E-state index in [4.69, 9.17) is 5.26 Å². The van der Waals surface area contributed by atoms with Gasteiger partial charge >= 0.3 is 0 Å². The number of benzene rings is 2. The SMILES string of the molecule is Cc1cc(O)c(C(C)C)cc1-c1ccc(C#N)cc1. The summed E-state index contributed by atoms with van der Waals surface area (Å²) in [6, 6.07) is 13.5. The molecule has 96 valence electrons. The van der Waals surface area contributed by atoms with E-state index in [2.05, 4.69) is 19.9 Å². The topological polar surface area (TPSA) is 44.0 Å². The summed E-state index contributed by atoms with van der Waals surface area (Å²) in [5, 5.41) is 18.8. The average Bonchev–Trinajstić information content (AvgIpc) is 2.38. The van der Waals surface area contributed by atoms with Crippen LogP contribution in [0.3, 0.4) is 0 Å². The van der Waals surface area contributed by atoms with Gasteiger partial charge in [0.2, 0.25) is 0 Å². The summed E-state index contributed by atoms with van der Waals surface area (Å²) in [4.78, 5) is 0. The molecular weight excluding hydrogens is 234 g/mol. The maximum absolute atomic E-state index is 9.97. The first kappa shape index (κ1) is 13.2. The van der Waals surface area contributed by atoms with Crippen LogP contribution in [-0.4, -0.2) is 5.11 Å². The number of hydrogen-bond donors (Lipinski definition) is 1. The second kappa shape index (κ2) is 5.16. The van der Waals surface area contributed by atoms with Gasteiger partial charge in [-0.25, -0.2) is 0 Å². The first-order valence-corrected chi connectivity index (χ1v) is 6.37. The molecule has 0 bridgehead atoms. The molecule has 2 nitrogen and oxygen atoms in total. The van der Waals surface area contributed by atoms with Crippen LogP contribution < -0.4 is 0 Å². The van der Waals surface area contributed by atoms with Crippen LogP contribution >= 0.6 is 0 Å². The third-order valence-electron chi connectivity index (χ3n) is 3.32. The molecule has 0 saturated carbocycles. The molecule has 0 spiro atoms. The van der Waals surface area contributed by atoms with Gasteiger partial charge in [-0.15, -0.1) is 0 Å². The van der Waals surface area contributed by atoms with E-state index in [0.29, 0.717) is 11.3 Å². The normalized spacial score (nSPS) is 10.5. The van der Waals surface area contributed by atoms with Crippen molar-refractivity contribution in [3.8, 4) is 22.9 Å². The summed E-state index contributed by atoms with van der Waals surface area (Å²) < 4.78 is 0. The fourth-order valence-electron chi connectivity index (χ4n) is 2.21. The molecule has 0 radical (unpaired) electrons. The van der Waals surface area contributed by atoms with E-state index in [-0.39, 0.29) is 5.92 Å². The minimum absolute atomic E-state index is 0.276. The van der Waals surface area contributed by atoms with Crippen molar-refractivity contribution in [2.45, 2.75) is 26.7 Å². The molecule has 0 aliphatic rings. The third kappa shape index (κ3) is 2.61. The van der Waals surface area contributed by atoms with Gasteiger partial charge in [0.25, 0.3) is 0 Å². The Morgan fingerprint density at radius 3 is 2.26 bits per heavy atom. The second-order valence-corrected chi connectivity index (χ2v) is 5.07. The van der Waals surface area contributed by atoms with E-state index >= 15 is 0 Å². The number of hydrogen-bond acceptors (Lipinski definition) is 2. The second-order valence-electron chi connectivity index (χ2n) is 5.07.